The summed E-state index contributed by atoms with van der Waals surface area (Å²) in [5.74, 6) is 0.0194. The average Bonchev–Trinajstić information content (AvgIpc) is 2.29. The average molecular weight is 221 g/mol. The van der Waals surface area contributed by atoms with Crippen molar-refractivity contribution in [2.75, 3.05) is 5.73 Å². The summed E-state index contributed by atoms with van der Waals surface area (Å²) in [4.78, 5) is 15.7. The number of amides is 1. The Morgan fingerprint density at radius 2 is 2.12 bits per heavy atom. The monoisotopic (exact) mass is 221 g/mol. The van der Waals surface area contributed by atoms with Crippen molar-refractivity contribution in [2.45, 2.75) is 39.2 Å². The Hall–Kier alpha value is -1.58. The zero-order chi connectivity index (χ0) is 12.0. The number of nitrogens with one attached hydrogen (secondary N) is 1. The third-order valence-corrected chi connectivity index (χ3v) is 2.54. The molecule has 0 atom stereocenters. The molecule has 0 saturated carbocycles. The molecule has 0 aliphatic carbocycles. The summed E-state index contributed by atoms with van der Waals surface area (Å²) in [6.07, 6.45) is 3.80. The summed E-state index contributed by atoms with van der Waals surface area (Å²) >= 11 is 0. The normalized spacial score (nSPS) is 10.4. The van der Waals surface area contributed by atoms with Crippen molar-refractivity contribution in [1.29, 1.82) is 0 Å². The number of anilines is 1. The van der Waals surface area contributed by atoms with Crippen molar-refractivity contribution < 1.29 is 4.79 Å². The van der Waals surface area contributed by atoms with Crippen LogP contribution >= 0.6 is 0 Å². The second kappa shape index (κ2) is 6.10. The van der Waals surface area contributed by atoms with Gasteiger partial charge in [-0.05, 0) is 25.0 Å². The largest absolute Gasteiger partial charge is 0.397 e. The van der Waals surface area contributed by atoms with Crippen molar-refractivity contribution in [3.63, 3.8) is 0 Å². The Kier molecular flexibility index (Phi) is 4.76. The molecule has 0 saturated heterocycles. The predicted molar refractivity (Wildman–Crippen MR) is 64.9 cm³/mol. The molecule has 4 heteroatoms. The zero-order valence-electron chi connectivity index (χ0n) is 9.86. The maximum Gasteiger partial charge on any atom is 0.226 e. The molecule has 1 aromatic rings. The Morgan fingerprint density at radius 1 is 1.44 bits per heavy atom. The molecule has 0 radical (unpaired) electrons. The maximum atomic E-state index is 11.6. The molecule has 0 fully saturated rings. The van der Waals surface area contributed by atoms with E-state index in [0.717, 1.165) is 18.5 Å². The minimum Gasteiger partial charge on any atom is -0.397 e. The highest BCUT2D eigenvalue weighted by Gasteiger charge is 2.09. The van der Waals surface area contributed by atoms with E-state index in [4.69, 9.17) is 5.73 Å². The molecule has 16 heavy (non-hydrogen) atoms. The van der Waals surface area contributed by atoms with Gasteiger partial charge in [-0.2, -0.15) is 0 Å². The molecule has 1 heterocycles. The molecule has 3 N–H and O–H groups in total. The third-order valence-electron chi connectivity index (χ3n) is 2.54. The SMILES string of the molecule is CCC(CC)NC(=O)Cc1ccc(N)cn1. The van der Waals surface area contributed by atoms with Crippen LogP contribution in [0.25, 0.3) is 0 Å². The number of carbonyl (C=O) groups excluding carboxylic acids is 1. The van der Waals surface area contributed by atoms with Gasteiger partial charge in [-0.1, -0.05) is 13.8 Å². The van der Waals surface area contributed by atoms with Gasteiger partial charge < -0.3 is 11.1 Å². The smallest absolute Gasteiger partial charge is 0.226 e. The Morgan fingerprint density at radius 3 is 2.62 bits per heavy atom. The quantitative estimate of drug-likeness (QED) is 0.792. The van der Waals surface area contributed by atoms with Gasteiger partial charge in [0.15, 0.2) is 0 Å². The maximum absolute atomic E-state index is 11.6. The van der Waals surface area contributed by atoms with Gasteiger partial charge in [0, 0.05) is 11.7 Å². The Balaban J connectivity index is 2.48. The third kappa shape index (κ3) is 3.88. The molecule has 0 unspecified atom stereocenters. The van der Waals surface area contributed by atoms with E-state index in [-0.39, 0.29) is 11.9 Å². The first kappa shape index (κ1) is 12.5. The minimum absolute atomic E-state index is 0.0194. The van der Waals surface area contributed by atoms with Gasteiger partial charge in [-0.25, -0.2) is 0 Å². The van der Waals surface area contributed by atoms with E-state index in [9.17, 15) is 4.79 Å². The number of hydrogen-bond donors (Lipinski definition) is 2. The highest BCUT2D eigenvalue weighted by Crippen LogP contribution is 2.03. The summed E-state index contributed by atoms with van der Waals surface area (Å²) < 4.78 is 0. The van der Waals surface area contributed by atoms with E-state index < -0.39 is 0 Å². The lowest BCUT2D eigenvalue weighted by atomic mass is 10.1. The van der Waals surface area contributed by atoms with Gasteiger partial charge in [-0.15, -0.1) is 0 Å². The molecule has 0 spiro atoms. The van der Waals surface area contributed by atoms with E-state index in [2.05, 4.69) is 24.1 Å². The molecule has 1 rings (SSSR count). The van der Waals surface area contributed by atoms with E-state index in [1.165, 1.54) is 0 Å². The van der Waals surface area contributed by atoms with Crippen LogP contribution in [0.1, 0.15) is 32.4 Å². The van der Waals surface area contributed by atoms with Gasteiger partial charge in [0.2, 0.25) is 5.91 Å². The van der Waals surface area contributed by atoms with Crippen molar-refractivity contribution in [3.8, 4) is 0 Å². The first-order valence-corrected chi connectivity index (χ1v) is 5.65. The zero-order valence-corrected chi connectivity index (χ0v) is 9.86. The van der Waals surface area contributed by atoms with Crippen LogP contribution in [-0.4, -0.2) is 16.9 Å². The van der Waals surface area contributed by atoms with Crippen molar-refractivity contribution in [2.24, 2.45) is 0 Å². The summed E-state index contributed by atoms with van der Waals surface area (Å²) in [7, 11) is 0. The number of carbonyl (C=O) groups is 1. The summed E-state index contributed by atoms with van der Waals surface area (Å²) in [6.45, 7) is 4.13. The lowest BCUT2D eigenvalue weighted by molar-refractivity contribution is -0.121. The van der Waals surface area contributed by atoms with Crippen molar-refractivity contribution >= 4 is 11.6 Å². The van der Waals surface area contributed by atoms with Crippen LogP contribution in [0, 0.1) is 0 Å². The topological polar surface area (TPSA) is 68.0 Å². The first-order valence-electron chi connectivity index (χ1n) is 5.65. The van der Waals surface area contributed by atoms with Crippen LogP contribution in [0.4, 0.5) is 5.69 Å². The fraction of sp³-hybridized carbons (Fsp3) is 0.500. The molecule has 0 aliphatic rings. The minimum atomic E-state index is 0.0194. The first-order chi connectivity index (χ1) is 7.65. The van der Waals surface area contributed by atoms with Crippen molar-refractivity contribution in [3.05, 3.63) is 24.0 Å². The molecule has 1 aromatic heterocycles. The van der Waals surface area contributed by atoms with Crippen LogP contribution in [0.5, 0.6) is 0 Å². The van der Waals surface area contributed by atoms with Crippen LogP contribution in [-0.2, 0) is 11.2 Å². The molecule has 1 amide bonds. The van der Waals surface area contributed by atoms with Crippen LogP contribution in [0.3, 0.4) is 0 Å². The Bertz CT molecular complexity index is 331. The van der Waals surface area contributed by atoms with Crippen LogP contribution in [0.2, 0.25) is 0 Å². The van der Waals surface area contributed by atoms with E-state index in [1.54, 1.807) is 18.3 Å². The van der Waals surface area contributed by atoms with Gasteiger partial charge in [-0.3, -0.25) is 9.78 Å². The summed E-state index contributed by atoms with van der Waals surface area (Å²) in [5.41, 5.74) is 6.88. The molecular weight excluding hydrogens is 202 g/mol. The number of rotatable bonds is 5. The number of pyridine rings is 1. The molecule has 0 aliphatic heterocycles. The van der Waals surface area contributed by atoms with E-state index in [0.29, 0.717) is 12.1 Å². The van der Waals surface area contributed by atoms with E-state index in [1.807, 2.05) is 0 Å². The second-order valence-electron chi connectivity index (χ2n) is 3.84. The fourth-order valence-corrected chi connectivity index (χ4v) is 1.48. The molecule has 0 bridgehead atoms. The Labute approximate surface area is 96.3 Å². The standard InChI is InChI=1S/C12H19N3O/c1-3-10(4-2)15-12(16)7-11-6-5-9(13)8-14-11/h5-6,8,10H,3-4,7,13H2,1-2H3,(H,15,16). The lowest BCUT2D eigenvalue weighted by Gasteiger charge is -2.14. The summed E-state index contributed by atoms with van der Waals surface area (Å²) in [5, 5.41) is 2.97. The second-order valence-corrected chi connectivity index (χ2v) is 3.84. The highest BCUT2D eigenvalue weighted by molar-refractivity contribution is 5.78. The lowest BCUT2D eigenvalue weighted by Crippen LogP contribution is -2.35. The highest BCUT2D eigenvalue weighted by atomic mass is 16.1. The predicted octanol–water partition coefficient (Wildman–Crippen LogP) is 1.51. The van der Waals surface area contributed by atoms with E-state index >= 15 is 0 Å². The van der Waals surface area contributed by atoms with Gasteiger partial charge in [0.25, 0.3) is 0 Å². The van der Waals surface area contributed by atoms with Crippen molar-refractivity contribution in [1.82, 2.24) is 10.3 Å². The number of aromatic nitrogens is 1. The molecule has 0 aromatic carbocycles. The number of hydrogen-bond acceptors (Lipinski definition) is 3. The number of nitrogen functional groups attached to an aromatic ring is 1. The fourth-order valence-electron chi connectivity index (χ4n) is 1.48. The summed E-state index contributed by atoms with van der Waals surface area (Å²) in [6, 6.07) is 3.80. The molecular formula is C12H19N3O. The molecule has 4 nitrogen and oxygen atoms in total. The van der Waals surface area contributed by atoms with Crippen LogP contribution in [0.15, 0.2) is 18.3 Å². The van der Waals surface area contributed by atoms with Crippen LogP contribution < -0.4 is 11.1 Å². The number of nitrogens with zero attached hydrogens (tertiary/aromatic N) is 1. The number of nitrogens with two attached hydrogens (primary N) is 1. The van der Waals surface area contributed by atoms with Gasteiger partial charge in [0.05, 0.1) is 18.3 Å². The molecule has 88 valence electrons. The van der Waals surface area contributed by atoms with Gasteiger partial charge >= 0.3 is 0 Å². The van der Waals surface area contributed by atoms with Gasteiger partial charge in [0.1, 0.15) is 0 Å².